The molecule has 1 aliphatic rings. The molecule has 0 radical (unpaired) electrons. The number of sulfonamides is 1. The first kappa shape index (κ1) is 17.2. The Kier molecular flexibility index (Phi) is 4.51. The van der Waals surface area contributed by atoms with Crippen LogP contribution in [0.3, 0.4) is 0 Å². The molecule has 0 atom stereocenters. The lowest BCUT2D eigenvalue weighted by atomic mass is 10.2. The summed E-state index contributed by atoms with van der Waals surface area (Å²) in [6.07, 6.45) is 1.52. The van der Waals surface area contributed by atoms with Crippen molar-refractivity contribution >= 4 is 27.0 Å². The number of para-hydroxylation sites is 1. The van der Waals surface area contributed by atoms with Crippen molar-refractivity contribution in [2.45, 2.75) is 4.21 Å². The molecule has 0 aliphatic carbocycles. The number of hydrogen-bond acceptors (Lipinski definition) is 6. The Balaban J connectivity index is 1.49. The van der Waals surface area contributed by atoms with E-state index in [-0.39, 0.29) is 10.0 Å². The normalized spacial score (nSPS) is 16.1. The maximum atomic E-state index is 13.9. The third kappa shape index (κ3) is 3.13. The van der Waals surface area contributed by atoms with Gasteiger partial charge in [0.05, 0.1) is 16.8 Å². The maximum Gasteiger partial charge on any atom is 0.252 e. The molecule has 1 aliphatic heterocycles. The van der Waals surface area contributed by atoms with Gasteiger partial charge < -0.3 is 9.42 Å². The second-order valence-corrected chi connectivity index (χ2v) is 9.09. The van der Waals surface area contributed by atoms with Gasteiger partial charge in [-0.05, 0) is 24.3 Å². The molecule has 0 N–H and O–H groups in total. The van der Waals surface area contributed by atoms with E-state index in [0.29, 0.717) is 42.5 Å². The SMILES string of the molecule is O=S(=O)(c1ccc(-c2ccno2)s1)N1CCN(c2ccccc2F)CC1. The molecule has 1 fully saturated rings. The van der Waals surface area contributed by atoms with Crippen molar-refractivity contribution in [3.8, 4) is 10.6 Å². The summed E-state index contributed by atoms with van der Waals surface area (Å²) in [6.45, 7) is 1.51. The van der Waals surface area contributed by atoms with Gasteiger partial charge in [-0.3, -0.25) is 0 Å². The van der Waals surface area contributed by atoms with E-state index in [1.54, 1.807) is 36.4 Å². The van der Waals surface area contributed by atoms with Gasteiger partial charge in [0.1, 0.15) is 10.0 Å². The van der Waals surface area contributed by atoms with Gasteiger partial charge in [0.2, 0.25) is 0 Å². The lowest BCUT2D eigenvalue weighted by Gasteiger charge is -2.35. The molecule has 3 heterocycles. The molecule has 4 rings (SSSR count). The molecule has 0 amide bonds. The molecule has 0 spiro atoms. The minimum atomic E-state index is -3.58. The lowest BCUT2D eigenvalue weighted by molar-refractivity contribution is 0.384. The van der Waals surface area contributed by atoms with Crippen LogP contribution in [-0.2, 0) is 10.0 Å². The fraction of sp³-hybridized carbons (Fsp3) is 0.235. The summed E-state index contributed by atoms with van der Waals surface area (Å²) in [5.41, 5.74) is 0.508. The van der Waals surface area contributed by atoms with Crippen LogP contribution in [0, 0.1) is 5.82 Å². The van der Waals surface area contributed by atoms with E-state index in [1.807, 2.05) is 4.90 Å². The van der Waals surface area contributed by atoms with E-state index in [1.165, 1.54) is 16.6 Å². The van der Waals surface area contributed by atoms with Gasteiger partial charge in [-0.15, -0.1) is 11.3 Å². The van der Waals surface area contributed by atoms with Crippen molar-refractivity contribution in [2.24, 2.45) is 0 Å². The van der Waals surface area contributed by atoms with E-state index in [0.717, 1.165) is 11.3 Å². The Morgan fingerprint density at radius 2 is 1.81 bits per heavy atom. The summed E-state index contributed by atoms with van der Waals surface area (Å²) in [5, 5.41) is 3.64. The zero-order chi connectivity index (χ0) is 18.1. The molecule has 2 aromatic heterocycles. The van der Waals surface area contributed by atoms with Crippen LogP contribution in [0.5, 0.6) is 0 Å². The number of rotatable bonds is 4. The van der Waals surface area contributed by atoms with Gasteiger partial charge in [0, 0.05) is 32.2 Å². The molecule has 9 heteroatoms. The average molecular weight is 393 g/mol. The number of halogens is 1. The number of piperazine rings is 1. The molecule has 1 aromatic carbocycles. The number of benzene rings is 1. The summed E-state index contributed by atoms with van der Waals surface area (Å²) in [6, 6.07) is 11.5. The van der Waals surface area contributed by atoms with Crippen LogP contribution in [0.2, 0.25) is 0 Å². The summed E-state index contributed by atoms with van der Waals surface area (Å²) in [5.74, 6) is 0.250. The summed E-state index contributed by atoms with van der Waals surface area (Å²) >= 11 is 1.15. The number of aromatic nitrogens is 1. The van der Waals surface area contributed by atoms with Crippen LogP contribution in [-0.4, -0.2) is 44.1 Å². The minimum absolute atomic E-state index is 0.267. The summed E-state index contributed by atoms with van der Waals surface area (Å²) < 4.78 is 46.5. The van der Waals surface area contributed by atoms with Gasteiger partial charge in [-0.1, -0.05) is 17.3 Å². The zero-order valence-electron chi connectivity index (χ0n) is 13.7. The predicted molar refractivity (Wildman–Crippen MR) is 97.2 cm³/mol. The topological polar surface area (TPSA) is 66.7 Å². The lowest BCUT2D eigenvalue weighted by Crippen LogP contribution is -2.48. The molecular weight excluding hydrogens is 377 g/mol. The van der Waals surface area contributed by atoms with E-state index in [4.69, 9.17) is 4.52 Å². The van der Waals surface area contributed by atoms with Crippen molar-refractivity contribution in [3.05, 3.63) is 54.5 Å². The minimum Gasteiger partial charge on any atom is -0.367 e. The van der Waals surface area contributed by atoms with E-state index < -0.39 is 10.0 Å². The Labute approximate surface area is 154 Å². The van der Waals surface area contributed by atoms with E-state index >= 15 is 0 Å². The van der Waals surface area contributed by atoms with Gasteiger partial charge in [0.15, 0.2) is 5.76 Å². The highest BCUT2D eigenvalue weighted by molar-refractivity contribution is 7.91. The fourth-order valence-electron chi connectivity index (χ4n) is 2.94. The molecule has 3 aromatic rings. The first-order chi connectivity index (χ1) is 12.6. The first-order valence-electron chi connectivity index (χ1n) is 8.06. The molecule has 1 saturated heterocycles. The van der Waals surface area contributed by atoms with Crippen LogP contribution >= 0.6 is 11.3 Å². The Morgan fingerprint density at radius 3 is 2.50 bits per heavy atom. The maximum absolute atomic E-state index is 13.9. The second kappa shape index (κ2) is 6.82. The van der Waals surface area contributed by atoms with Crippen LogP contribution < -0.4 is 4.90 Å². The van der Waals surface area contributed by atoms with Crippen LogP contribution in [0.4, 0.5) is 10.1 Å². The van der Waals surface area contributed by atoms with Crippen molar-refractivity contribution in [1.29, 1.82) is 0 Å². The molecule has 0 saturated carbocycles. The number of nitrogens with zero attached hydrogens (tertiary/aromatic N) is 3. The van der Waals surface area contributed by atoms with Gasteiger partial charge in [-0.25, -0.2) is 12.8 Å². The summed E-state index contributed by atoms with van der Waals surface area (Å²) in [7, 11) is -3.58. The van der Waals surface area contributed by atoms with E-state index in [9.17, 15) is 12.8 Å². The Morgan fingerprint density at radius 1 is 1.04 bits per heavy atom. The third-order valence-electron chi connectivity index (χ3n) is 4.29. The third-order valence-corrected chi connectivity index (χ3v) is 7.75. The first-order valence-corrected chi connectivity index (χ1v) is 10.3. The van der Waals surface area contributed by atoms with Crippen LogP contribution in [0.25, 0.3) is 10.6 Å². The fourth-order valence-corrected chi connectivity index (χ4v) is 5.78. The molecule has 0 bridgehead atoms. The van der Waals surface area contributed by atoms with Gasteiger partial charge in [0.25, 0.3) is 10.0 Å². The molecule has 26 heavy (non-hydrogen) atoms. The smallest absolute Gasteiger partial charge is 0.252 e. The van der Waals surface area contributed by atoms with Crippen LogP contribution in [0.15, 0.2) is 57.4 Å². The van der Waals surface area contributed by atoms with Crippen molar-refractivity contribution in [2.75, 3.05) is 31.1 Å². The van der Waals surface area contributed by atoms with Crippen molar-refractivity contribution in [3.63, 3.8) is 0 Å². The van der Waals surface area contributed by atoms with Gasteiger partial charge in [-0.2, -0.15) is 4.31 Å². The average Bonchev–Trinajstić information content (AvgIpc) is 3.34. The van der Waals surface area contributed by atoms with Gasteiger partial charge >= 0.3 is 0 Å². The zero-order valence-corrected chi connectivity index (χ0v) is 15.3. The van der Waals surface area contributed by atoms with Crippen LogP contribution in [0.1, 0.15) is 0 Å². The molecule has 6 nitrogen and oxygen atoms in total. The highest BCUT2D eigenvalue weighted by atomic mass is 32.2. The molecule has 0 unspecified atom stereocenters. The number of anilines is 1. The second-order valence-electron chi connectivity index (χ2n) is 5.84. The largest absolute Gasteiger partial charge is 0.367 e. The predicted octanol–water partition coefficient (Wildman–Crippen LogP) is 3.05. The molecular formula is C17H16FN3O3S2. The Bertz CT molecular complexity index is 994. The Hall–Kier alpha value is -2.23. The number of hydrogen-bond donors (Lipinski definition) is 0. The number of thiophene rings is 1. The van der Waals surface area contributed by atoms with E-state index in [2.05, 4.69) is 5.16 Å². The molecule has 136 valence electrons. The highest BCUT2D eigenvalue weighted by Gasteiger charge is 2.30. The quantitative estimate of drug-likeness (QED) is 0.682. The summed E-state index contributed by atoms with van der Waals surface area (Å²) in [4.78, 5) is 2.58. The standard InChI is InChI=1S/C17H16FN3O3S2/c18-13-3-1-2-4-14(13)20-9-11-21(12-10-20)26(22,23)17-6-5-16(25-17)15-7-8-19-24-15/h1-8H,9-12H2. The van der Waals surface area contributed by atoms with Crippen molar-refractivity contribution in [1.82, 2.24) is 9.46 Å². The van der Waals surface area contributed by atoms with Crippen molar-refractivity contribution < 1.29 is 17.3 Å². The monoisotopic (exact) mass is 393 g/mol. The highest BCUT2D eigenvalue weighted by Crippen LogP contribution is 2.32.